The molecule has 3 atom stereocenters. The lowest BCUT2D eigenvalue weighted by Gasteiger charge is -2.33. The maximum Gasteiger partial charge on any atom is 0.323 e. The Balaban J connectivity index is 1.53. The highest BCUT2D eigenvalue weighted by Gasteiger charge is 2.46. The molecule has 0 N–H and O–H groups in total. The van der Waals surface area contributed by atoms with Crippen molar-refractivity contribution in [2.75, 3.05) is 25.1 Å². The van der Waals surface area contributed by atoms with Crippen LogP contribution in [0.25, 0.3) is 0 Å². The second-order valence-electron chi connectivity index (χ2n) is 7.48. The lowest BCUT2D eigenvalue weighted by molar-refractivity contribution is -0.146. The number of carbonyl (C=O) groups excluding carboxylic acids is 2. The molecule has 1 saturated carbocycles. The predicted octanol–water partition coefficient (Wildman–Crippen LogP) is 2.38. The van der Waals surface area contributed by atoms with Crippen molar-refractivity contribution < 1.29 is 14.3 Å². The summed E-state index contributed by atoms with van der Waals surface area (Å²) >= 11 is 0. The van der Waals surface area contributed by atoms with Crippen molar-refractivity contribution >= 4 is 17.6 Å². The molecule has 0 spiro atoms. The summed E-state index contributed by atoms with van der Waals surface area (Å²) in [6.07, 6.45) is 6.41. The number of hydrogen-bond acceptors (Lipinski definition) is 4. The molecule has 0 aromatic heterocycles. The Labute approximate surface area is 148 Å². The lowest BCUT2D eigenvalue weighted by Crippen LogP contribution is -2.48. The monoisotopic (exact) mass is 342 g/mol. The molecule has 5 nitrogen and oxygen atoms in total. The molecule has 0 radical (unpaired) electrons. The van der Waals surface area contributed by atoms with Gasteiger partial charge in [-0.25, -0.2) is 0 Å². The van der Waals surface area contributed by atoms with E-state index in [2.05, 4.69) is 11.0 Å². The van der Waals surface area contributed by atoms with E-state index in [1.807, 2.05) is 23.1 Å². The van der Waals surface area contributed by atoms with Crippen LogP contribution in [0.15, 0.2) is 24.3 Å². The molecule has 2 aliphatic heterocycles. The quantitative estimate of drug-likeness (QED) is 0.792. The fraction of sp³-hybridized carbons (Fsp3) is 0.600. The summed E-state index contributed by atoms with van der Waals surface area (Å²) in [5.41, 5.74) is 2.26. The van der Waals surface area contributed by atoms with Gasteiger partial charge in [0.2, 0.25) is 5.91 Å². The molecule has 4 rings (SSSR count). The molecule has 2 fully saturated rings. The number of anilines is 1. The number of rotatable bonds is 3. The maximum absolute atomic E-state index is 13.0. The van der Waals surface area contributed by atoms with Crippen molar-refractivity contribution in [3.63, 3.8) is 0 Å². The molecule has 3 aliphatic rings. The lowest BCUT2D eigenvalue weighted by atomic mass is 9.85. The van der Waals surface area contributed by atoms with Gasteiger partial charge in [-0.15, -0.1) is 0 Å². The van der Waals surface area contributed by atoms with Crippen LogP contribution in [0.4, 0.5) is 5.69 Å². The summed E-state index contributed by atoms with van der Waals surface area (Å²) in [5.74, 6) is 0.436. The summed E-state index contributed by atoms with van der Waals surface area (Å²) < 4.78 is 5.03. The predicted molar refractivity (Wildman–Crippen MR) is 95.4 cm³/mol. The van der Waals surface area contributed by atoms with Crippen LogP contribution in [0.2, 0.25) is 0 Å². The van der Waals surface area contributed by atoms with Crippen LogP contribution in [0.3, 0.4) is 0 Å². The van der Waals surface area contributed by atoms with Crippen molar-refractivity contribution in [1.82, 2.24) is 4.90 Å². The number of benzene rings is 1. The molecule has 1 amide bonds. The van der Waals surface area contributed by atoms with Gasteiger partial charge in [0.25, 0.3) is 0 Å². The van der Waals surface area contributed by atoms with Crippen LogP contribution >= 0.6 is 0 Å². The van der Waals surface area contributed by atoms with Gasteiger partial charge in [0.15, 0.2) is 0 Å². The van der Waals surface area contributed by atoms with Crippen molar-refractivity contribution in [2.24, 2.45) is 5.92 Å². The first-order valence-corrected chi connectivity index (χ1v) is 9.41. The van der Waals surface area contributed by atoms with Crippen LogP contribution in [0, 0.1) is 5.92 Å². The first kappa shape index (κ1) is 16.6. The highest BCUT2D eigenvalue weighted by Crippen LogP contribution is 2.40. The van der Waals surface area contributed by atoms with E-state index >= 15 is 0 Å². The number of para-hydroxylation sites is 1. The summed E-state index contributed by atoms with van der Waals surface area (Å²) in [4.78, 5) is 29.3. The van der Waals surface area contributed by atoms with Crippen LogP contribution < -0.4 is 4.90 Å². The number of hydrogen-bond donors (Lipinski definition) is 0. The van der Waals surface area contributed by atoms with E-state index in [4.69, 9.17) is 4.74 Å². The highest BCUT2D eigenvalue weighted by molar-refractivity contribution is 5.97. The third-order valence-corrected chi connectivity index (χ3v) is 6.20. The standard InChI is InChI=1S/C20H26N2O3/c1-25-20(24)18-12-15-7-3-5-9-17(15)22(18)13-19(23)21-11-10-14-6-2-4-8-16(14)21/h2,4,6,8,15,17-18H,3,5,7,9-13H2,1H3/t15-,17-,18+/m1/s1. The Morgan fingerprint density at radius 3 is 2.84 bits per heavy atom. The Bertz CT molecular complexity index is 675. The van der Waals surface area contributed by atoms with E-state index in [0.717, 1.165) is 37.9 Å². The number of fused-ring (bicyclic) bond motifs is 2. The van der Waals surface area contributed by atoms with Gasteiger partial charge < -0.3 is 9.64 Å². The smallest absolute Gasteiger partial charge is 0.323 e. The van der Waals surface area contributed by atoms with Crippen molar-refractivity contribution in [3.8, 4) is 0 Å². The molecule has 134 valence electrons. The first-order chi connectivity index (χ1) is 12.2. The van der Waals surface area contributed by atoms with E-state index in [1.54, 1.807) is 0 Å². The highest BCUT2D eigenvalue weighted by atomic mass is 16.5. The molecule has 2 heterocycles. The van der Waals surface area contributed by atoms with Crippen molar-refractivity contribution in [2.45, 2.75) is 50.6 Å². The van der Waals surface area contributed by atoms with E-state index in [-0.39, 0.29) is 17.9 Å². The Morgan fingerprint density at radius 1 is 1.20 bits per heavy atom. The summed E-state index contributed by atoms with van der Waals surface area (Å²) in [6.45, 7) is 1.05. The molecule has 25 heavy (non-hydrogen) atoms. The van der Waals surface area contributed by atoms with Gasteiger partial charge >= 0.3 is 5.97 Å². The van der Waals surface area contributed by atoms with Gasteiger partial charge in [-0.2, -0.15) is 0 Å². The zero-order valence-electron chi connectivity index (χ0n) is 14.8. The third kappa shape index (κ3) is 2.95. The minimum absolute atomic E-state index is 0.102. The molecule has 1 saturated heterocycles. The molecule has 0 bridgehead atoms. The first-order valence-electron chi connectivity index (χ1n) is 9.41. The summed E-state index contributed by atoms with van der Waals surface area (Å²) in [7, 11) is 1.45. The van der Waals surface area contributed by atoms with Gasteiger partial charge in [-0.1, -0.05) is 31.0 Å². The van der Waals surface area contributed by atoms with Gasteiger partial charge in [0.05, 0.1) is 13.7 Å². The van der Waals surface area contributed by atoms with Gasteiger partial charge in [0, 0.05) is 18.3 Å². The molecular weight excluding hydrogens is 316 g/mol. The SMILES string of the molecule is COC(=O)[C@@H]1C[C@H]2CCCC[C@H]2N1CC(=O)N1CCc2ccccc21. The van der Waals surface area contributed by atoms with Crippen molar-refractivity contribution in [1.29, 1.82) is 0 Å². The number of ether oxygens (including phenoxy) is 1. The second kappa shape index (κ2) is 6.79. The summed E-state index contributed by atoms with van der Waals surface area (Å²) in [5, 5.41) is 0. The molecule has 1 aliphatic carbocycles. The van der Waals surface area contributed by atoms with E-state index in [0.29, 0.717) is 18.5 Å². The largest absolute Gasteiger partial charge is 0.468 e. The number of esters is 1. The third-order valence-electron chi connectivity index (χ3n) is 6.20. The number of likely N-dealkylation sites (tertiary alicyclic amines) is 1. The van der Waals surface area contributed by atoms with Crippen LogP contribution in [-0.4, -0.2) is 49.1 Å². The zero-order chi connectivity index (χ0) is 17.4. The van der Waals surface area contributed by atoms with E-state index in [1.165, 1.54) is 25.5 Å². The topological polar surface area (TPSA) is 49.9 Å². The zero-order valence-corrected chi connectivity index (χ0v) is 14.8. The molecule has 1 aromatic carbocycles. The average Bonchev–Trinajstić information content (AvgIpc) is 3.23. The van der Waals surface area contributed by atoms with Crippen molar-refractivity contribution in [3.05, 3.63) is 29.8 Å². The minimum atomic E-state index is -0.264. The molecule has 5 heteroatoms. The van der Waals surface area contributed by atoms with Gasteiger partial charge in [-0.3, -0.25) is 14.5 Å². The van der Waals surface area contributed by atoms with Crippen LogP contribution in [0.5, 0.6) is 0 Å². The van der Waals surface area contributed by atoms with E-state index < -0.39 is 0 Å². The number of amides is 1. The number of methoxy groups -OCH3 is 1. The average molecular weight is 342 g/mol. The van der Waals surface area contributed by atoms with Gasteiger partial charge in [0.1, 0.15) is 6.04 Å². The summed E-state index contributed by atoms with van der Waals surface area (Å²) in [6, 6.07) is 8.19. The fourth-order valence-corrected chi connectivity index (χ4v) is 4.99. The maximum atomic E-state index is 13.0. The molecule has 0 unspecified atom stereocenters. The molecular formula is C20H26N2O3. The van der Waals surface area contributed by atoms with Crippen LogP contribution in [-0.2, 0) is 20.7 Å². The minimum Gasteiger partial charge on any atom is -0.468 e. The second-order valence-corrected chi connectivity index (χ2v) is 7.48. The number of nitrogens with zero attached hydrogens (tertiary/aromatic N) is 2. The Hall–Kier alpha value is -1.88. The number of carbonyl (C=O) groups is 2. The van der Waals surface area contributed by atoms with Crippen LogP contribution in [0.1, 0.15) is 37.7 Å². The van der Waals surface area contributed by atoms with E-state index in [9.17, 15) is 9.59 Å². The normalized spacial score (nSPS) is 28.5. The molecule has 1 aromatic rings. The fourth-order valence-electron chi connectivity index (χ4n) is 4.99. The van der Waals surface area contributed by atoms with Gasteiger partial charge in [-0.05, 0) is 43.2 Å². The Morgan fingerprint density at radius 2 is 2.00 bits per heavy atom. The Kier molecular flexibility index (Phi) is 4.50.